The van der Waals surface area contributed by atoms with E-state index in [4.69, 9.17) is 9.47 Å². The summed E-state index contributed by atoms with van der Waals surface area (Å²) in [6.45, 7) is 6.37. The van der Waals surface area contributed by atoms with Crippen LogP contribution in [0, 0.1) is 6.92 Å². The third-order valence-corrected chi connectivity index (χ3v) is 2.64. The summed E-state index contributed by atoms with van der Waals surface area (Å²) < 4.78 is 10.9. The molecule has 0 amide bonds. The largest absolute Gasteiger partial charge is 0.492 e. The van der Waals surface area contributed by atoms with Crippen LogP contribution in [0.2, 0.25) is 0 Å². The van der Waals surface area contributed by atoms with Crippen molar-refractivity contribution < 1.29 is 9.47 Å². The second kappa shape index (κ2) is 7.69. The smallest absolute Gasteiger partial charge is 0.122 e. The molecule has 3 heteroatoms. The summed E-state index contributed by atoms with van der Waals surface area (Å²) >= 11 is 3.35. The van der Waals surface area contributed by atoms with Crippen LogP contribution in [0.4, 0.5) is 0 Å². The van der Waals surface area contributed by atoms with E-state index >= 15 is 0 Å². The number of rotatable bonds is 7. The van der Waals surface area contributed by atoms with E-state index in [1.807, 2.05) is 13.0 Å². The lowest BCUT2D eigenvalue weighted by Crippen LogP contribution is -2.01. The van der Waals surface area contributed by atoms with E-state index in [0.717, 1.165) is 30.7 Å². The SMILES string of the molecule is CCOCCc1ccc(OCCBr)c(C)c1. The molecule has 1 aromatic carbocycles. The second-order valence-corrected chi connectivity index (χ2v) is 4.38. The van der Waals surface area contributed by atoms with Crippen LogP contribution in [0.3, 0.4) is 0 Å². The van der Waals surface area contributed by atoms with Crippen molar-refractivity contribution in [2.24, 2.45) is 0 Å². The lowest BCUT2D eigenvalue weighted by molar-refractivity contribution is 0.151. The number of benzene rings is 1. The van der Waals surface area contributed by atoms with Gasteiger partial charge in [-0.25, -0.2) is 0 Å². The lowest BCUT2D eigenvalue weighted by atomic mass is 10.1. The molecule has 0 atom stereocenters. The minimum Gasteiger partial charge on any atom is -0.492 e. The molecule has 0 aliphatic heterocycles. The van der Waals surface area contributed by atoms with E-state index in [-0.39, 0.29) is 0 Å². The highest BCUT2D eigenvalue weighted by molar-refractivity contribution is 9.09. The molecule has 0 spiro atoms. The van der Waals surface area contributed by atoms with Gasteiger partial charge >= 0.3 is 0 Å². The first-order chi connectivity index (χ1) is 7.77. The molecule has 0 aromatic heterocycles. The van der Waals surface area contributed by atoms with Gasteiger partial charge in [0.1, 0.15) is 5.75 Å². The van der Waals surface area contributed by atoms with Gasteiger partial charge in [0.2, 0.25) is 0 Å². The zero-order valence-corrected chi connectivity index (χ0v) is 11.5. The Bertz CT molecular complexity index is 313. The van der Waals surface area contributed by atoms with Crippen LogP contribution in [0.25, 0.3) is 0 Å². The fourth-order valence-corrected chi connectivity index (χ4v) is 1.67. The Morgan fingerprint density at radius 2 is 2.06 bits per heavy atom. The predicted molar refractivity (Wildman–Crippen MR) is 70.7 cm³/mol. The molecule has 0 fully saturated rings. The predicted octanol–water partition coefficient (Wildman–Crippen LogP) is 3.35. The summed E-state index contributed by atoms with van der Waals surface area (Å²) in [5.74, 6) is 0.972. The molecule has 0 saturated heterocycles. The van der Waals surface area contributed by atoms with E-state index in [2.05, 4.69) is 35.0 Å². The monoisotopic (exact) mass is 286 g/mol. The summed E-state index contributed by atoms with van der Waals surface area (Å²) in [7, 11) is 0. The van der Waals surface area contributed by atoms with Gasteiger partial charge in [0, 0.05) is 11.9 Å². The first-order valence-corrected chi connectivity index (χ1v) is 6.76. The first-order valence-electron chi connectivity index (χ1n) is 5.64. The Morgan fingerprint density at radius 3 is 2.69 bits per heavy atom. The Labute approximate surface area is 106 Å². The minimum atomic E-state index is 0.707. The lowest BCUT2D eigenvalue weighted by Gasteiger charge is -2.09. The average molecular weight is 287 g/mol. The quantitative estimate of drug-likeness (QED) is 0.565. The van der Waals surface area contributed by atoms with Gasteiger partial charge in [0.25, 0.3) is 0 Å². The van der Waals surface area contributed by atoms with E-state index in [0.29, 0.717) is 6.61 Å². The summed E-state index contributed by atoms with van der Waals surface area (Å²) in [5.41, 5.74) is 2.49. The molecule has 0 heterocycles. The number of aryl methyl sites for hydroxylation is 1. The van der Waals surface area contributed by atoms with Gasteiger partial charge in [0.15, 0.2) is 0 Å². The maximum absolute atomic E-state index is 5.59. The van der Waals surface area contributed by atoms with E-state index in [1.165, 1.54) is 11.1 Å². The molecule has 1 aromatic rings. The maximum Gasteiger partial charge on any atom is 0.122 e. The zero-order chi connectivity index (χ0) is 11.8. The molecule has 0 N–H and O–H groups in total. The molecule has 0 radical (unpaired) electrons. The highest BCUT2D eigenvalue weighted by atomic mass is 79.9. The fourth-order valence-electron chi connectivity index (χ4n) is 1.51. The number of ether oxygens (including phenoxy) is 2. The Balaban J connectivity index is 2.53. The molecule has 1 rings (SSSR count). The molecule has 0 aliphatic carbocycles. The summed E-state index contributed by atoms with van der Waals surface area (Å²) in [4.78, 5) is 0. The van der Waals surface area contributed by atoms with E-state index in [1.54, 1.807) is 0 Å². The first kappa shape index (κ1) is 13.5. The average Bonchev–Trinajstić information content (AvgIpc) is 2.28. The van der Waals surface area contributed by atoms with Crippen LogP contribution in [0.15, 0.2) is 18.2 Å². The number of hydrogen-bond donors (Lipinski definition) is 0. The van der Waals surface area contributed by atoms with Gasteiger partial charge in [-0.3, -0.25) is 0 Å². The number of alkyl halides is 1. The Kier molecular flexibility index (Phi) is 6.50. The normalized spacial score (nSPS) is 10.4. The topological polar surface area (TPSA) is 18.5 Å². The summed E-state index contributed by atoms with van der Waals surface area (Å²) in [6, 6.07) is 6.32. The maximum atomic E-state index is 5.59. The van der Waals surface area contributed by atoms with Gasteiger partial charge < -0.3 is 9.47 Å². The van der Waals surface area contributed by atoms with Crippen molar-refractivity contribution >= 4 is 15.9 Å². The van der Waals surface area contributed by atoms with E-state index < -0.39 is 0 Å². The van der Waals surface area contributed by atoms with Crippen molar-refractivity contribution in [2.45, 2.75) is 20.3 Å². The van der Waals surface area contributed by atoms with Gasteiger partial charge in [-0.05, 0) is 37.5 Å². The number of halogens is 1. The molecule has 0 bridgehead atoms. The van der Waals surface area contributed by atoms with Gasteiger partial charge in [-0.2, -0.15) is 0 Å². The zero-order valence-electron chi connectivity index (χ0n) is 9.96. The molecule has 2 nitrogen and oxygen atoms in total. The van der Waals surface area contributed by atoms with Crippen LogP contribution in [-0.4, -0.2) is 25.2 Å². The van der Waals surface area contributed by atoms with E-state index in [9.17, 15) is 0 Å². The minimum absolute atomic E-state index is 0.707. The molecule has 0 unspecified atom stereocenters. The molecule has 90 valence electrons. The highest BCUT2D eigenvalue weighted by Crippen LogP contribution is 2.19. The van der Waals surface area contributed by atoms with Gasteiger partial charge in [-0.15, -0.1) is 0 Å². The second-order valence-electron chi connectivity index (χ2n) is 3.58. The standard InChI is InChI=1S/C13H19BrO2/c1-3-15-8-6-12-4-5-13(11(2)10-12)16-9-7-14/h4-5,10H,3,6-9H2,1-2H3. The van der Waals surface area contributed by atoms with Crippen LogP contribution in [-0.2, 0) is 11.2 Å². The van der Waals surface area contributed by atoms with Crippen molar-refractivity contribution in [1.82, 2.24) is 0 Å². The third-order valence-electron chi connectivity index (χ3n) is 2.31. The Morgan fingerprint density at radius 1 is 1.25 bits per heavy atom. The van der Waals surface area contributed by atoms with Crippen LogP contribution >= 0.6 is 15.9 Å². The van der Waals surface area contributed by atoms with Crippen molar-refractivity contribution in [2.75, 3.05) is 25.2 Å². The van der Waals surface area contributed by atoms with Crippen LogP contribution in [0.5, 0.6) is 5.75 Å². The molecule has 16 heavy (non-hydrogen) atoms. The highest BCUT2D eigenvalue weighted by Gasteiger charge is 2.01. The van der Waals surface area contributed by atoms with Crippen molar-refractivity contribution in [3.05, 3.63) is 29.3 Å². The van der Waals surface area contributed by atoms with Crippen molar-refractivity contribution in [3.63, 3.8) is 0 Å². The van der Waals surface area contributed by atoms with Crippen LogP contribution < -0.4 is 4.74 Å². The van der Waals surface area contributed by atoms with Crippen molar-refractivity contribution in [1.29, 1.82) is 0 Å². The summed E-state index contributed by atoms with van der Waals surface area (Å²) in [5, 5.41) is 0.860. The summed E-state index contributed by atoms with van der Waals surface area (Å²) in [6.07, 6.45) is 0.966. The van der Waals surface area contributed by atoms with Crippen LogP contribution in [0.1, 0.15) is 18.1 Å². The Hall–Kier alpha value is -0.540. The number of hydrogen-bond acceptors (Lipinski definition) is 2. The van der Waals surface area contributed by atoms with Gasteiger partial charge in [0.05, 0.1) is 13.2 Å². The van der Waals surface area contributed by atoms with Crippen molar-refractivity contribution in [3.8, 4) is 5.75 Å². The molecule has 0 aliphatic rings. The fraction of sp³-hybridized carbons (Fsp3) is 0.538. The third kappa shape index (κ3) is 4.54. The van der Waals surface area contributed by atoms with Gasteiger partial charge in [-0.1, -0.05) is 28.1 Å². The molecular formula is C13H19BrO2. The molecule has 0 saturated carbocycles. The molecular weight excluding hydrogens is 268 g/mol.